The minimum absolute atomic E-state index is 0.449. The van der Waals surface area contributed by atoms with Gasteiger partial charge in [0, 0.05) is 24.5 Å². The summed E-state index contributed by atoms with van der Waals surface area (Å²) in [6, 6.07) is 0.724. The minimum atomic E-state index is -3.45. The van der Waals surface area contributed by atoms with Crippen molar-refractivity contribution in [3.05, 3.63) is 11.1 Å². The first-order chi connectivity index (χ1) is 10.0. The maximum absolute atomic E-state index is 12.3. The number of nitrogens with zero attached hydrogens (tertiary/aromatic N) is 2. The molecule has 0 bridgehead atoms. The van der Waals surface area contributed by atoms with Crippen molar-refractivity contribution in [2.45, 2.75) is 38.6 Å². The van der Waals surface area contributed by atoms with Crippen molar-refractivity contribution in [3.8, 4) is 0 Å². The Hall–Kier alpha value is -0.700. The van der Waals surface area contributed by atoms with Gasteiger partial charge in [0.25, 0.3) is 0 Å². The molecule has 1 aliphatic carbocycles. The van der Waals surface area contributed by atoms with Crippen LogP contribution in [0, 0.1) is 12.8 Å². The van der Waals surface area contributed by atoms with Crippen molar-refractivity contribution in [1.29, 1.82) is 0 Å². The number of rotatable bonds is 6. The number of hydrogen-bond acceptors (Lipinski definition) is 5. The summed E-state index contributed by atoms with van der Waals surface area (Å²) in [6.07, 6.45) is 4.45. The molecular formula is C13H22N4O2S2. The lowest BCUT2D eigenvalue weighted by Crippen LogP contribution is -2.43. The molecule has 1 saturated carbocycles. The van der Waals surface area contributed by atoms with Crippen molar-refractivity contribution in [3.63, 3.8) is 0 Å². The second-order valence-corrected chi connectivity index (χ2v) is 8.45. The van der Waals surface area contributed by atoms with Crippen molar-refractivity contribution in [1.82, 2.24) is 14.6 Å². The van der Waals surface area contributed by atoms with E-state index >= 15 is 0 Å². The van der Waals surface area contributed by atoms with E-state index in [9.17, 15) is 8.42 Å². The molecule has 1 saturated heterocycles. The Morgan fingerprint density at radius 1 is 1.33 bits per heavy atom. The fourth-order valence-electron chi connectivity index (χ4n) is 2.55. The molecule has 6 nitrogen and oxygen atoms in total. The van der Waals surface area contributed by atoms with E-state index in [2.05, 4.69) is 15.0 Å². The molecule has 3 rings (SSSR count). The summed E-state index contributed by atoms with van der Waals surface area (Å²) in [5.74, 6) is 0.596. The normalized spacial score (nSPS) is 21.6. The Kier molecular flexibility index (Phi) is 4.49. The van der Waals surface area contributed by atoms with Gasteiger partial charge in [-0.25, -0.2) is 9.71 Å². The molecule has 21 heavy (non-hydrogen) atoms. The largest absolute Gasteiger partial charge is 0.314 e. The number of aryl methyl sites for hydroxylation is 1. The molecule has 0 amide bonds. The highest BCUT2D eigenvalue weighted by molar-refractivity contribution is 7.90. The van der Waals surface area contributed by atoms with Gasteiger partial charge in [0.15, 0.2) is 5.13 Å². The van der Waals surface area contributed by atoms with Crippen LogP contribution in [0.5, 0.6) is 0 Å². The average Bonchev–Trinajstić information content (AvgIpc) is 3.20. The van der Waals surface area contributed by atoms with Crippen molar-refractivity contribution >= 4 is 26.7 Å². The SMILES string of the molecule is Cc1csc(NS(=O)(=O)N2CCC(CNC3CC3)CC2)n1. The summed E-state index contributed by atoms with van der Waals surface area (Å²) in [7, 11) is -3.45. The molecule has 0 spiro atoms. The maximum atomic E-state index is 12.3. The third kappa shape index (κ3) is 4.15. The van der Waals surface area contributed by atoms with Crippen LogP contribution in [-0.2, 0) is 10.2 Å². The van der Waals surface area contributed by atoms with E-state index in [1.165, 1.54) is 28.5 Å². The lowest BCUT2D eigenvalue weighted by atomic mass is 9.98. The van der Waals surface area contributed by atoms with Crippen LogP contribution in [0.1, 0.15) is 31.4 Å². The molecule has 0 radical (unpaired) electrons. The summed E-state index contributed by atoms with van der Waals surface area (Å²) in [4.78, 5) is 4.15. The Balaban J connectivity index is 1.50. The Bertz CT molecular complexity index is 575. The average molecular weight is 330 g/mol. The van der Waals surface area contributed by atoms with Crippen LogP contribution in [0.2, 0.25) is 0 Å². The first-order valence-corrected chi connectivity index (χ1v) is 9.78. The van der Waals surface area contributed by atoms with E-state index in [-0.39, 0.29) is 0 Å². The lowest BCUT2D eigenvalue weighted by molar-refractivity contribution is 0.268. The van der Waals surface area contributed by atoms with Crippen molar-refractivity contribution in [2.24, 2.45) is 5.92 Å². The molecule has 1 aromatic heterocycles. The molecule has 2 heterocycles. The maximum Gasteiger partial charge on any atom is 0.303 e. The molecular weight excluding hydrogens is 308 g/mol. The van der Waals surface area contributed by atoms with E-state index in [1.54, 1.807) is 0 Å². The molecule has 1 aromatic rings. The zero-order chi connectivity index (χ0) is 14.9. The highest BCUT2D eigenvalue weighted by Crippen LogP contribution is 2.24. The Labute approximate surface area is 130 Å². The van der Waals surface area contributed by atoms with E-state index < -0.39 is 10.2 Å². The number of aromatic nitrogens is 1. The number of thiazole rings is 1. The van der Waals surface area contributed by atoms with Crippen LogP contribution in [-0.4, -0.2) is 43.4 Å². The predicted octanol–water partition coefficient (Wildman–Crippen LogP) is 1.57. The molecule has 118 valence electrons. The summed E-state index contributed by atoms with van der Waals surface area (Å²) >= 11 is 1.32. The topological polar surface area (TPSA) is 74.3 Å². The van der Waals surface area contributed by atoms with Gasteiger partial charge in [0.2, 0.25) is 0 Å². The summed E-state index contributed by atoms with van der Waals surface area (Å²) in [5, 5.41) is 5.82. The number of anilines is 1. The number of piperidine rings is 1. The standard InChI is InChI=1S/C13H22N4O2S2/c1-10-9-20-13(15-10)16-21(18,19)17-6-4-11(5-7-17)8-14-12-2-3-12/h9,11-12,14H,2-8H2,1H3,(H,15,16). The molecule has 0 aromatic carbocycles. The molecule has 2 fully saturated rings. The summed E-state index contributed by atoms with van der Waals surface area (Å²) in [5.41, 5.74) is 0.836. The van der Waals surface area contributed by atoms with Crippen molar-refractivity contribution in [2.75, 3.05) is 24.4 Å². The second-order valence-electron chi connectivity index (χ2n) is 5.93. The third-order valence-electron chi connectivity index (χ3n) is 4.02. The Morgan fingerprint density at radius 3 is 2.62 bits per heavy atom. The lowest BCUT2D eigenvalue weighted by Gasteiger charge is -2.31. The van der Waals surface area contributed by atoms with Crippen molar-refractivity contribution < 1.29 is 8.42 Å². The monoisotopic (exact) mass is 330 g/mol. The second kappa shape index (κ2) is 6.20. The van der Waals surface area contributed by atoms with Gasteiger partial charge in [-0.2, -0.15) is 12.7 Å². The van der Waals surface area contributed by atoms with Gasteiger partial charge in [-0.15, -0.1) is 11.3 Å². The van der Waals surface area contributed by atoms with Crippen LogP contribution in [0.25, 0.3) is 0 Å². The van der Waals surface area contributed by atoms with Crippen LogP contribution in [0.4, 0.5) is 5.13 Å². The van der Waals surface area contributed by atoms with E-state index in [4.69, 9.17) is 0 Å². The minimum Gasteiger partial charge on any atom is -0.314 e. The van der Waals surface area contributed by atoms with Crippen LogP contribution < -0.4 is 10.0 Å². The molecule has 8 heteroatoms. The van der Waals surface area contributed by atoms with Gasteiger partial charge in [-0.3, -0.25) is 0 Å². The van der Waals surface area contributed by atoms with Gasteiger partial charge >= 0.3 is 10.2 Å². The molecule has 1 aliphatic heterocycles. The van der Waals surface area contributed by atoms with Crippen LogP contribution in [0.15, 0.2) is 5.38 Å². The zero-order valence-corrected chi connectivity index (χ0v) is 13.8. The molecule has 0 atom stereocenters. The van der Waals surface area contributed by atoms with Gasteiger partial charge in [0.1, 0.15) is 0 Å². The van der Waals surface area contributed by atoms with E-state index in [0.29, 0.717) is 24.1 Å². The van der Waals surface area contributed by atoms with E-state index in [1.807, 2.05) is 12.3 Å². The molecule has 2 aliphatic rings. The van der Waals surface area contributed by atoms with Crippen LogP contribution >= 0.6 is 11.3 Å². The van der Waals surface area contributed by atoms with Gasteiger partial charge in [0.05, 0.1) is 5.69 Å². The smallest absolute Gasteiger partial charge is 0.303 e. The summed E-state index contributed by atoms with van der Waals surface area (Å²) in [6.45, 7) is 4.07. The zero-order valence-electron chi connectivity index (χ0n) is 12.2. The number of hydrogen-bond donors (Lipinski definition) is 2. The van der Waals surface area contributed by atoms with E-state index in [0.717, 1.165) is 31.1 Å². The summed E-state index contributed by atoms with van der Waals surface area (Å²) < 4.78 is 28.7. The van der Waals surface area contributed by atoms with Gasteiger partial charge < -0.3 is 5.32 Å². The molecule has 0 unspecified atom stereocenters. The Morgan fingerprint density at radius 2 is 2.05 bits per heavy atom. The first kappa shape index (κ1) is 15.2. The predicted molar refractivity (Wildman–Crippen MR) is 84.7 cm³/mol. The highest BCUT2D eigenvalue weighted by Gasteiger charge is 2.29. The fourth-order valence-corrected chi connectivity index (χ4v) is 4.68. The van der Waals surface area contributed by atoms with Gasteiger partial charge in [-0.1, -0.05) is 0 Å². The van der Waals surface area contributed by atoms with Gasteiger partial charge in [-0.05, 0) is 45.1 Å². The quantitative estimate of drug-likeness (QED) is 0.830. The first-order valence-electron chi connectivity index (χ1n) is 7.46. The highest BCUT2D eigenvalue weighted by atomic mass is 32.2. The fraction of sp³-hybridized carbons (Fsp3) is 0.769. The van der Waals surface area contributed by atoms with Crippen LogP contribution in [0.3, 0.4) is 0 Å². The third-order valence-corrected chi connectivity index (χ3v) is 6.52. The molecule has 2 N–H and O–H groups in total. The number of nitrogens with one attached hydrogen (secondary N) is 2.